The number of rotatable bonds is 3. The Morgan fingerprint density at radius 3 is 1.95 bits per heavy atom. The highest BCUT2D eigenvalue weighted by molar-refractivity contribution is 7.93. The molecule has 3 heterocycles. The molecule has 3 aromatic carbocycles. The number of fused-ring (bicyclic) bond motifs is 2. The third kappa shape index (κ3) is 2.84. The molecule has 0 bridgehead atoms. The zero-order chi connectivity index (χ0) is 25.0. The maximum atomic E-state index is 15.1. The number of hydrogen-bond donors (Lipinski definition) is 0. The van der Waals surface area contributed by atoms with Crippen LogP contribution >= 0.6 is 0 Å². The van der Waals surface area contributed by atoms with Crippen LogP contribution in [0.1, 0.15) is 12.8 Å². The lowest BCUT2D eigenvalue weighted by Gasteiger charge is -2.47. The molecule has 0 N–H and O–H groups in total. The third-order valence-electron chi connectivity index (χ3n) is 7.02. The van der Waals surface area contributed by atoms with Crippen molar-refractivity contribution in [2.24, 2.45) is 0 Å². The highest BCUT2D eigenvalue weighted by Crippen LogP contribution is 2.61. The molecule has 2 aliphatic heterocycles. The lowest BCUT2D eigenvalue weighted by Crippen LogP contribution is -2.67. The summed E-state index contributed by atoms with van der Waals surface area (Å²) in [4.78, 5) is 15.4. The van der Waals surface area contributed by atoms with Crippen molar-refractivity contribution in [3.8, 4) is 0 Å². The van der Waals surface area contributed by atoms with E-state index in [0.29, 0.717) is 29.4 Å². The van der Waals surface area contributed by atoms with Crippen LogP contribution in [0.15, 0.2) is 126 Å². The first-order valence-corrected chi connectivity index (χ1v) is 13.7. The Labute approximate surface area is 215 Å². The molecular weight excluding hydrogens is 482 g/mol. The Morgan fingerprint density at radius 2 is 1.30 bits per heavy atom. The zero-order valence-electron chi connectivity index (χ0n) is 19.8. The van der Waals surface area contributed by atoms with Crippen LogP contribution in [0.25, 0.3) is 0 Å². The van der Waals surface area contributed by atoms with Gasteiger partial charge in [-0.1, -0.05) is 60.7 Å². The van der Waals surface area contributed by atoms with Gasteiger partial charge in [0.2, 0.25) is 9.84 Å². The number of para-hydroxylation sites is 3. The van der Waals surface area contributed by atoms with Gasteiger partial charge in [-0.25, -0.2) is 18.4 Å². The molecule has 3 aliphatic rings. The maximum absolute atomic E-state index is 15.1. The molecule has 1 spiro atoms. The molecule has 1 aromatic heterocycles. The van der Waals surface area contributed by atoms with Gasteiger partial charge in [0.05, 0.1) is 10.6 Å². The summed E-state index contributed by atoms with van der Waals surface area (Å²) in [6.07, 6.45) is 10.8. The smallest absolute Gasteiger partial charge is 0.285 e. The fourth-order valence-corrected chi connectivity index (χ4v) is 7.91. The number of hydrogen-bond acceptors (Lipinski definition) is 7. The van der Waals surface area contributed by atoms with E-state index < -0.39 is 15.0 Å². The van der Waals surface area contributed by atoms with Crippen molar-refractivity contribution in [2.75, 3.05) is 14.7 Å². The van der Waals surface area contributed by atoms with Crippen LogP contribution in [-0.4, -0.2) is 23.5 Å². The number of allylic oxidation sites excluding steroid dienone is 4. The number of aromatic nitrogens is 2. The molecule has 4 aromatic rings. The summed E-state index contributed by atoms with van der Waals surface area (Å²) >= 11 is 0. The molecule has 7 rings (SSSR count). The van der Waals surface area contributed by atoms with Gasteiger partial charge in [0.1, 0.15) is 0 Å². The van der Waals surface area contributed by atoms with E-state index in [2.05, 4.69) is 6.08 Å². The highest BCUT2D eigenvalue weighted by atomic mass is 32.2. The van der Waals surface area contributed by atoms with Gasteiger partial charge in [-0.3, -0.25) is 14.7 Å². The van der Waals surface area contributed by atoms with E-state index in [4.69, 9.17) is 9.97 Å². The third-order valence-corrected chi connectivity index (χ3v) is 9.21. The Bertz CT molecular complexity index is 1630. The molecule has 8 heteroatoms. The second-order valence-corrected chi connectivity index (χ2v) is 11.0. The summed E-state index contributed by atoms with van der Waals surface area (Å²) in [5.74, 6) is 0.992. The molecular formula is C29H23N5O2S. The minimum absolute atomic E-state index is 0.268. The van der Waals surface area contributed by atoms with E-state index in [1.165, 1.54) is 0 Å². The topological polar surface area (TPSA) is 69.6 Å². The average Bonchev–Trinajstić information content (AvgIpc) is 3.37. The minimum atomic E-state index is -4.07. The lowest BCUT2D eigenvalue weighted by molar-refractivity contribution is 0.525. The number of nitrogens with zero attached hydrogens (tertiary/aromatic N) is 5. The van der Waals surface area contributed by atoms with E-state index in [1.807, 2.05) is 99.6 Å². The second kappa shape index (κ2) is 8.04. The quantitative estimate of drug-likeness (QED) is 0.343. The largest absolute Gasteiger partial charge is 0.318 e. The van der Waals surface area contributed by atoms with Crippen molar-refractivity contribution in [1.82, 2.24) is 9.97 Å². The predicted molar refractivity (Wildman–Crippen MR) is 144 cm³/mol. The molecule has 1 unspecified atom stereocenters. The molecule has 0 radical (unpaired) electrons. The van der Waals surface area contributed by atoms with Gasteiger partial charge < -0.3 is 0 Å². The fourth-order valence-electron chi connectivity index (χ4n) is 5.60. The van der Waals surface area contributed by atoms with Gasteiger partial charge in [0.15, 0.2) is 11.6 Å². The van der Waals surface area contributed by atoms with Crippen molar-refractivity contribution in [3.63, 3.8) is 0 Å². The number of sulfone groups is 1. The van der Waals surface area contributed by atoms with Gasteiger partial charge in [0, 0.05) is 29.5 Å². The summed E-state index contributed by atoms with van der Waals surface area (Å²) in [5.41, 5.74) is 2.93. The first kappa shape index (κ1) is 21.8. The van der Waals surface area contributed by atoms with E-state index in [9.17, 15) is 0 Å². The van der Waals surface area contributed by atoms with Crippen LogP contribution in [-0.2, 0) is 9.84 Å². The van der Waals surface area contributed by atoms with Gasteiger partial charge in [0.25, 0.3) is 0 Å². The monoisotopic (exact) mass is 505 g/mol. The van der Waals surface area contributed by atoms with Crippen LogP contribution in [0.3, 0.4) is 0 Å². The Kier molecular flexibility index (Phi) is 4.74. The van der Waals surface area contributed by atoms with Crippen LogP contribution < -0.4 is 14.7 Å². The standard InChI is InChI=1S/C29H23N5O2S/c35-37(36)26-19-11-10-18-25(26)32(22-12-4-1-5-13-22)29(37)33(23-14-6-2-7-15-23)27-28(31-21-20-30-27)34(29)24-16-8-3-9-17-24/h1-8,10-16,18-21H,9,17H2. The second-order valence-electron chi connectivity index (χ2n) is 9.05. The average molecular weight is 506 g/mol. The van der Waals surface area contributed by atoms with Crippen LogP contribution in [0.4, 0.5) is 28.7 Å². The van der Waals surface area contributed by atoms with Crippen LogP contribution in [0.2, 0.25) is 0 Å². The van der Waals surface area contributed by atoms with Crippen LogP contribution in [0.5, 0.6) is 0 Å². The van der Waals surface area contributed by atoms with Crippen molar-refractivity contribution in [2.45, 2.75) is 22.9 Å². The predicted octanol–water partition coefficient (Wildman–Crippen LogP) is 5.91. The molecule has 182 valence electrons. The van der Waals surface area contributed by atoms with Gasteiger partial charge in [-0.05, 0) is 55.3 Å². The normalized spacial score (nSPS) is 21.2. The van der Waals surface area contributed by atoms with Crippen LogP contribution in [0, 0.1) is 0 Å². The molecule has 0 amide bonds. The van der Waals surface area contributed by atoms with Gasteiger partial charge >= 0.3 is 5.12 Å². The summed E-state index contributed by atoms with van der Waals surface area (Å²) < 4.78 is 30.1. The fraction of sp³-hybridized carbons (Fsp3) is 0.103. The summed E-state index contributed by atoms with van der Waals surface area (Å²) in [6, 6.07) is 26.5. The molecule has 0 fully saturated rings. The Morgan fingerprint density at radius 1 is 0.703 bits per heavy atom. The molecule has 7 nitrogen and oxygen atoms in total. The first-order valence-electron chi connectivity index (χ1n) is 12.2. The molecule has 0 saturated carbocycles. The molecule has 0 saturated heterocycles. The van der Waals surface area contributed by atoms with E-state index in [-0.39, 0.29) is 4.90 Å². The van der Waals surface area contributed by atoms with Gasteiger partial charge in [-0.15, -0.1) is 0 Å². The molecule has 1 atom stereocenters. The summed E-state index contributed by atoms with van der Waals surface area (Å²) in [7, 11) is -4.07. The van der Waals surface area contributed by atoms with E-state index in [1.54, 1.807) is 24.5 Å². The van der Waals surface area contributed by atoms with Crippen molar-refractivity contribution in [3.05, 3.63) is 121 Å². The van der Waals surface area contributed by atoms with E-state index in [0.717, 1.165) is 17.8 Å². The Balaban J connectivity index is 1.66. The van der Waals surface area contributed by atoms with Crippen molar-refractivity contribution < 1.29 is 8.42 Å². The summed E-state index contributed by atoms with van der Waals surface area (Å²) in [5, 5.41) is -1.74. The van der Waals surface area contributed by atoms with Crippen molar-refractivity contribution in [1.29, 1.82) is 0 Å². The summed E-state index contributed by atoms with van der Waals surface area (Å²) in [6.45, 7) is 0. The zero-order valence-corrected chi connectivity index (χ0v) is 20.7. The SMILES string of the molecule is O=S1(=O)c2ccccc2N(c2ccccc2)C12N(C1=CC=CCC1)c1nccnc1N2c1ccccc1. The minimum Gasteiger partial charge on any atom is -0.285 e. The highest BCUT2D eigenvalue weighted by Gasteiger charge is 2.70. The Hall–Kier alpha value is -4.43. The number of anilines is 5. The van der Waals surface area contributed by atoms with Gasteiger partial charge in [-0.2, -0.15) is 0 Å². The van der Waals surface area contributed by atoms with Crippen molar-refractivity contribution >= 4 is 38.5 Å². The van der Waals surface area contributed by atoms with E-state index >= 15 is 8.42 Å². The molecule has 1 aliphatic carbocycles. The number of benzene rings is 3. The lowest BCUT2D eigenvalue weighted by atomic mass is 10.1. The maximum Gasteiger partial charge on any atom is 0.318 e. The first-order chi connectivity index (χ1) is 18.2. The molecule has 37 heavy (non-hydrogen) atoms.